The highest BCUT2D eigenvalue weighted by atomic mass is 19.3. The topological polar surface area (TPSA) is 55.4 Å². The molecule has 4 atom stereocenters. The monoisotopic (exact) mass is 261 g/mol. The lowest BCUT2D eigenvalue weighted by atomic mass is 9.93. The maximum atomic E-state index is 13.1. The highest BCUT2D eigenvalue weighted by Crippen LogP contribution is 2.66. The van der Waals surface area contributed by atoms with E-state index < -0.39 is 29.8 Å². The van der Waals surface area contributed by atoms with Crippen LogP contribution in [0.15, 0.2) is 0 Å². The minimum Gasteiger partial charge on any atom is -0.464 e. The summed E-state index contributed by atoms with van der Waals surface area (Å²) in [7, 11) is 0. The van der Waals surface area contributed by atoms with Crippen LogP contribution in [-0.4, -0.2) is 30.4 Å². The van der Waals surface area contributed by atoms with E-state index in [2.05, 4.69) is 5.32 Å². The molecule has 2 aliphatic rings. The average Bonchev–Trinajstić information content (AvgIpc) is 2.67. The van der Waals surface area contributed by atoms with Gasteiger partial charge in [0.25, 0.3) is 5.92 Å². The number of carbonyl (C=O) groups is 2. The number of rotatable bonds is 4. The molecule has 1 amide bonds. The Labute approximate surface area is 104 Å². The smallest absolute Gasteiger partial charge is 0.328 e. The van der Waals surface area contributed by atoms with Crippen molar-refractivity contribution in [3.63, 3.8) is 0 Å². The molecule has 0 saturated heterocycles. The van der Waals surface area contributed by atoms with Crippen molar-refractivity contribution in [1.82, 2.24) is 5.32 Å². The Kier molecular flexibility index (Phi) is 3.29. The fourth-order valence-corrected chi connectivity index (χ4v) is 2.94. The highest BCUT2D eigenvalue weighted by Gasteiger charge is 2.72. The average molecular weight is 261 g/mol. The fraction of sp³-hybridized carbons (Fsp3) is 0.833. The zero-order valence-corrected chi connectivity index (χ0v) is 10.4. The van der Waals surface area contributed by atoms with Gasteiger partial charge in [-0.1, -0.05) is 0 Å². The number of carbonyl (C=O) groups excluding carboxylic acids is 2. The molecule has 102 valence electrons. The zero-order chi connectivity index (χ0) is 13.5. The van der Waals surface area contributed by atoms with Gasteiger partial charge in [0.1, 0.15) is 6.04 Å². The molecule has 6 heteroatoms. The van der Waals surface area contributed by atoms with Crippen molar-refractivity contribution in [1.29, 1.82) is 0 Å². The number of halogens is 2. The molecule has 0 aromatic rings. The molecular formula is C12H17F2NO3. The van der Waals surface area contributed by atoms with Crippen LogP contribution in [0.4, 0.5) is 8.78 Å². The zero-order valence-electron chi connectivity index (χ0n) is 10.4. The lowest BCUT2D eigenvalue weighted by Crippen LogP contribution is -2.46. The van der Waals surface area contributed by atoms with Crippen molar-refractivity contribution in [2.45, 2.75) is 38.7 Å². The Morgan fingerprint density at radius 2 is 1.94 bits per heavy atom. The maximum Gasteiger partial charge on any atom is 0.328 e. The van der Waals surface area contributed by atoms with Crippen LogP contribution in [-0.2, 0) is 14.3 Å². The van der Waals surface area contributed by atoms with Crippen LogP contribution >= 0.6 is 0 Å². The summed E-state index contributed by atoms with van der Waals surface area (Å²) in [6, 6.07) is -0.786. The first kappa shape index (κ1) is 13.2. The number of hydrogen-bond donors (Lipinski definition) is 1. The molecule has 0 bridgehead atoms. The summed E-state index contributed by atoms with van der Waals surface area (Å²) in [5.41, 5.74) is 0. The molecule has 2 aliphatic carbocycles. The lowest BCUT2D eigenvalue weighted by molar-refractivity contribution is -0.149. The van der Waals surface area contributed by atoms with Crippen LogP contribution in [0.25, 0.3) is 0 Å². The first-order chi connectivity index (χ1) is 8.37. The molecule has 4 nitrogen and oxygen atoms in total. The van der Waals surface area contributed by atoms with E-state index in [1.165, 1.54) is 6.92 Å². The van der Waals surface area contributed by atoms with E-state index in [0.29, 0.717) is 0 Å². The molecule has 18 heavy (non-hydrogen) atoms. The number of amides is 1. The summed E-state index contributed by atoms with van der Waals surface area (Å²) >= 11 is 0. The van der Waals surface area contributed by atoms with Gasteiger partial charge in [0.15, 0.2) is 0 Å². The SMILES string of the molecule is CCOC(=O)C(NC(C)=O)[C@@H]1C[C@@H]2[C@H](C1)C2(F)F. The van der Waals surface area contributed by atoms with E-state index in [9.17, 15) is 18.4 Å². The molecular weight excluding hydrogens is 244 g/mol. The molecule has 1 unspecified atom stereocenters. The third-order valence-electron chi connectivity index (χ3n) is 3.85. The number of hydrogen-bond acceptors (Lipinski definition) is 3. The molecule has 2 rings (SSSR count). The van der Waals surface area contributed by atoms with Crippen LogP contribution in [0.1, 0.15) is 26.7 Å². The Bertz CT molecular complexity index is 358. The Hall–Kier alpha value is -1.20. The van der Waals surface area contributed by atoms with Gasteiger partial charge in [-0.15, -0.1) is 0 Å². The van der Waals surface area contributed by atoms with Crippen molar-refractivity contribution in [3.05, 3.63) is 0 Å². The summed E-state index contributed by atoms with van der Waals surface area (Å²) < 4.78 is 31.1. The lowest BCUT2D eigenvalue weighted by Gasteiger charge is -2.24. The van der Waals surface area contributed by atoms with Crippen molar-refractivity contribution < 1.29 is 23.1 Å². The van der Waals surface area contributed by atoms with Gasteiger partial charge >= 0.3 is 5.97 Å². The second kappa shape index (κ2) is 4.48. The number of nitrogens with one attached hydrogen (secondary N) is 1. The van der Waals surface area contributed by atoms with Crippen LogP contribution in [0.5, 0.6) is 0 Å². The summed E-state index contributed by atoms with van der Waals surface area (Å²) in [6.07, 6.45) is 0.558. The van der Waals surface area contributed by atoms with E-state index in [-0.39, 0.29) is 31.3 Å². The van der Waals surface area contributed by atoms with Crippen molar-refractivity contribution >= 4 is 11.9 Å². The molecule has 0 aliphatic heterocycles. The standard InChI is InChI=1S/C12H17F2NO3/c1-3-18-11(17)10(15-6(2)16)7-4-8-9(5-7)12(8,13)14/h7-10H,3-5H2,1-2H3,(H,15,16)/t7-,8-,9+,10?. The molecule has 0 aromatic carbocycles. The largest absolute Gasteiger partial charge is 0.464 e. The normalized spacial score (nSPS) is 33.4. The molecule has 2 saturated carbocycles. The summed E-state index contributed by atoms with van der Waals surface area (Å²) in [6.45, 7) is 3.18. The molecule has 0 heterocycles. The van der Waals surface area contributed by atoms with E-state index in [1.807, 2.05) is 0 Å². The third kappa shape index (κ3) is 2.20. The highest BCUT2D eigenvalue weighted by molar-refractivity contribution is 5.83. The number of fused-ring (bicyclic) bond motifs is 1. The molecule has 0 spiro atoms. The van der Waals surface area contributed by atoms with Gasteiger partial charge in [0, 0.05) is 18.8 Å². The van der Waals surface area contributed by atoms with Gasteiger partial charge in [-0.3, -0.25) is 4.79 Å². The predicted molar refractivity (Wildman–Crippen MR) is 58.9 cm³/mol. The van der Waals surface area contributed by atoms with Crippen LogP contribution in [0.3, 0.4) is 0 Å². The molecule has 0 aromatic heterocycles. The van der Waals surface area contributed by atoms with Crippen molar-refractivity contribution in [3.8, 4) is 0 Å². The Morgan fingerprint density at radius 3 is 2.39 bits per heavy atom. The van der Waals surface area contributed by atoms with Gasteiger partial charge in [0.2, 0.25) is 5.91 Å². The van der Waals surface area contributed by atoms with Gasteiger partial charge < -0.3 is 10.1 Å². The minimum absolute atomic E-state index is 0.213. The summed E-state index contributed by atoms with van der Waals surface area (Å²) in [4.78, 5) is 22.8. The summed E-state index contributed by atoms with van der Waals surface area (Å²) in [5.74, 6) is -4.90. The van der Waals surface area contributed by atoms with Gasteiger partial charge in [0.05, 0.1) is 6.61 Å². The van der Waals surface area contributed by atoms with Crippen molar-refractivity contribution in [2.75, 3.05) is 6.61 Å². The maximum absolute atomic E-state index is 13.1. The van der Waals surface area contributed by atoms with E-state index in [4.69, 9.17) is 4.74 Å². The van der Waals surface area contributed by atoms with Crippen LogP contribution in [0.2, 0.25) is 0 Å². The number of alkyl halides is 2. The first-order valence-electron chi connectivity index (χ1n) is 6.19. The van der Waals surface area contributed by atoms with Gasteiger partial charge in [-0.2, -0.15) is 0 Å². The number of esters is 1. The van der Waals surface area contributed by atoms with E-state index in [0.717, 1.165) is 0 Å². The van der Waals surface area contributed by atoms with Crippen molar-refractivity contribution in [2.24, 2.45) is 17.8 Å². The van der Waals surface area contributed by atoms with Crippen LogP contribution < -0.4 is 5.32 Å². The summed E-state index contributed by atoms with van der Waals surface area (Å²) in [5, 5.41) is 2.52. The first-order valence-corrected chi connectivity index (χ1v) is 6.19. The second-order valence-electron chi connectivity index (χ2n) is 5.05. The fourth-order valence-electron chi connectivity index (χ4n) is 2.94. The molecule has 2 fully saturated rings. The molecule has 1 N–H and O–H groups in total. The minimum atomic E-state index is -2.56. The van der Waals surface area contributed by atoms with Crippen LogP contribution in [0, 0.1) is 17.8 Å². The Morgan fingerprint density at radius 1 is 1.39 bits per heavy atom. The molecule has 0 radical (unpaired) electrons. The predicted octanol–water partition coefficient (Wildman–Crippen LogP) is 1.35. The number of ether oxygens (including phenoxy) is 1. The Balaban J connectivity index is 1.98. The second-order valence-corrected chi connectivity index (χ2v) is 5.05. The van der Waals surface area contributed by atoms with Gasteiger partial charge in [-0.05, 0) is 25.7 Å². The third-order valence-corrected chi connectivity index (χ3v) is 3.85. The van der Waals surface area contributed by atoms with E-state index in [1.54, 1.807) is 6.92 Å². The van der Waals surface area contributed by atoms with Gasteiger partial charge in [-0.25, -0.2) is 13.6 Å². The van der Waals surface area contributed by atoms with E-state index >= 15 is 0 Å². The quantitative estimate of drug-likeness (QED) is 0.777.